The molecule has 1 atom stereocenters. The Labute approximate surface area is 169 Å². The average molecular weight is 457 g/mol. The fourth-order valence-corrected chi connectivity index (χ4v) is 4.03. The number of methoxy groups -OCH3 is 1. The predicted molar refractivity (Wildman–Crippen MR) is 115 cm³/mol. The van der Waals surface area contributed by atoms with Gasteiger partial charge in [-0.3, -0.25) is 4.99 Å². The summed E-state index contributed by atoms with van der Waals surface area (Å²) in [4.78, 5) is 6.96. The molecular weight excluding hydrogens is 425 g/mol. The lowest BCUT2D eigenvalue weighted by atomic mass is 9.68. The molecule has 5 heteroatoms. The van der Waals surface area contributed by atoms with Crippen molar-refractivity contribution in [1.29, 1.82) is 0 Å². The summed E-state index contributed by atoms with van der Waals surface area (Å²) in [6.45, 7) is 5.60. The lowest BCUT2D eigenvalue weighted by Crippen LogP contribution is -2.43. The Hall–Kier alpha value is -0.980. The molecule has 1 saturated carbocycles. The van der Waals surface area contributed by atoms with E-state index < -0.39 is 0 Å². The number of nitrogens with zero attached hydrogens (tertiary/aromatic N) is 2. The highest BCUT2D eigenvalue weighted by molar-refractivity contribution is 14.0. The highest BCUT2D eigenvalue weighted by Gasteiger charge is 2.43. The van der Waals surface area contributed by atoms with E-state index in [4.69, 9.17) is 4.74 Å². The third-order valence-corrected chi connectivity index (χ3v) is 5.91. The van der Waals surface area contributed by atoms with Crippen LogP contribution in [0.3, 0.4) is 0 Å². The normalized spacial score (nSPS) is 20.0. The van der Waals surface area contributed by atoms with E-state index in [1.807, 2.05) is 19.2 Å². The molecule has 0 bridgehead atoms. The predicted octanol–water partition coefficient (Wildman–Crippen LogP) is 4.26. The van der Waals surface area contributed by atoms with E-state index in [0.717, 1.165) is 31.2 Å². The number of halogens is 1. The molecule has 0 amide bonds. The van der Waals surface area contributed by atoms with E-state index in [9.17, 15) is 0 Å². The van der Waals surface area contributed by atoms with Crippen molar-refractivity contribution in [2.75, 3.05) is 33.8 Å². The number of benzene rings is 1. The molecule has 3 rings (SSSR count). The molecule has 1 saturated heterocycles. The first-order valence-corrected chi connectivity index (χ1v) is 9.25. The van der Waals surface area contributed by atoms with Gasteiger partial charge in [-0.15, -0.1) is 24.0 Å². The van der Waals surface area contributed by atoms with Gasteiger partial charge in [-0.25, -0.2) is 0 Å². The van der Waals surface area contributed by atoms with E-state index in [2.05, 4.69) is 34.3 Å². The quantitative estimate of drug-likeness (QED) is 0.408. The van der Waals surface area contributed by atoms with Crippen LogP contribution in [0, 0.1) is 5.41 Å². The molecule has 140 valence electrons. The van der Waals surface area contributed by atoms with Crippen molar-refractivity contribution in [3.05, 3.63) is 29.8 Å². The van der Waals surface area contributed by atoms with Gasteiger partial charge in [0.05, 0.1) is 7.11 Å². The molecule has 2 aliphatic rings. The smallest absolute Gasteiger partial charge is 0.193 e. The van der Waals surface area contributed by atoms with Crippen LogP contribution in [0.2, 0.25) is 0 Å². The molecule has 0 radical (unpaired) electrons. The Morgan fingerprint density at radius 3 is 2.52 bits per heavy atom. The van der Waals surface area contributed by atoms with Crippen LogP contribution in [0.1, 0.15) is 50.5 Å². The van der Waals surface area contributed by atoms with Crippen LogP contribution in [0.15, 0.2) is 29.3 Å². The number of hydrogen-bond donors (Lipinski definition) is 1. The van der Waals surface area contributed by atoms with Crippen LogP contribution < -0.4 is 10.1 Å². The zero-order chi connectivity index (χ0) is 17.0. The highest BCUT2D eigenvalue weighted by Crippen LogP contribution is 2.47. The van der Waals surface area contributed by atoms with E-state index in [1.165, 1.54) is 37.8 Å². The van der Waals surface area contributed by atoms with Gasteiger partial charge in [0.2, 0.25) is 0 Å². The van der Waals surface area contributed by atoms with Gasteiger partial charge in [0.25, 0.3) is 0 Å². The molecule has 25 heavy (non-hydrogen) atoms. The molecule has 1 spiro atoms. The van der Waals surface area contributed by atoms with Gasteiger partial charge in [-0.2, -0.15) is 0 Å². The van der Waals surface area contributed by atoms with Crippen molar-refractivity contribution in [3.8, 4) is 5.75 Å². The van der Waals surface area contributed by atoms with Crippen LogP contribution in [0.5, 0.6) is 5.75 Å². The van der Waals surface area contributed by atoms with E-state index in [1.54, 1.807) is 7.11 Å². The Kier molecular flexibility index (Phi) is 7.40. The molecule has 4 nitrogen and oxygen atoms in total. The van der Waals surface area contributed by atoms with Gasteiger partial charge >= 0.3 is 0 Å². The zero-order valence-electron chi connectivity index (χ0n) is 15.8. The van der Waals surface area contributed by atoms with Crippen LogP contribution in [-0.4, -0.2) is 44.7 Å². The summed E-state index contributed by atoms with van der Waals surface area (Å²) in [5.74, 6) is 2.53. The first kappa shape index (κ1) is 20.3. The molecule has 2 fully saturated rings. The molecule has 0 aromatic heterocycles. The number of guanidine groups is 1. The molecule has 1 aliphatic carbocycles. The largest absolute Gasteiger partial charge is 0.497 e. The molecule has 1 aromatic rings. The minimum absolute atomic E-state index is 0. The highest BCUT2D eigenvalue weighted by atomic mass is 127. The summed E-state index contributed by atoms with van der Waals surface area (Å²) in [6, 6.07) is 8.42. The van der Waals surface area contributed by atoms with Crippen LogP contribution in [0.25, 0.3) is 0 Å². The van der Waals surface area contributed by atoms with Crippen LogP contribution in [-0.2, 0) is 0 Å². The number of rotatable bonds is 5. The van der Waals surface area contributed by atoms with Crippen molar-refractivity contribution < 1.29 is 4.74 Å². The monoisotopic (exact) mass is 457 g/mol. The summed E-state index contributed by atoms with van der Waals surface area (Å²) in [6.07, 6.45) is 6.68. The second-order valence-electron chi connectivity index (χ2n) is 7.46. The average Bonchev–Trinajstić information content (AvgIpc) is 3.04. The van der Waals surface area contributed by atoms with E-state index >= 15 is 0 Å². The van der Waals surface area contributed by atoms with Crippen molar-refractivity contribution in [2.45, 2.75) is 44.9 Å². The lowest BCUT2D eigenvalue weighted by molar-refractivity contribution is 0.151. The van der Waals surface area contributed by atoms with Crippen molar-refractivity contribution >= 4 is 29.9 Å². The molecule has 1 N–H and O–H groups in total. The SMILES string of the molecule is CN=C(NCCC(C)c1ccc(OC)cc1)N1CCC2(CCC2)C1.I. The molecule has 1 aliphatic heterocycles. The maximum atomic E-state index is 5.23. The number of nitrogens with one attached hydrogen (secondary N) is 1. The molecular formula is C20H32IN3O. The van der Waals surface area contributed by atoms with Gasteiger partial charge in [0.15, 0.2) is 5.96 Å². The van der Waals surface area contributed by atoms with Crippen LogP contribution >= 0.6 is 24.0 Å². The van der Waals surface area contributed by atoms with Gasteiger partial charge < -0.3 is 15.0 Å². The minimum atomic E-state index is 0. The third kappa shape index (κ3) is 4.80. The van der Waals surface area contributed by atoms with Gasteiger partial charge in [0, 0.05) is 26.7 Å². The van der Waals surface area contributed by atoms with Crippen molar-refractivity contribution in [1.82, 2.24) is 10.2 Å². The standard InChI is InChI=1S/C20H31N3O.HI/c1-16(17-5-7-18(24-3)8-6-17)9-13-22-19(21-2)23-14-12-20(15-23)10-4-11-20;/h5-8,16H,4,9-15H2,1-3H3,(H,21,22);1H. The summed E-state index contributed by atoms with van der Waals surface area (Å²) in [5.41, 5.74) is 1.98. The second-order valence-corrected chi connectivity index (χ2v) is 7.46. The maximum absolute atomic E-state index is 5.23. The van der Waals surface area contributed by atoms with Crippen molar-refractivity contribution in [2.24, 2.45) is 10.4 Å². The maximum Gasteiger partial charge on any atom is 0.193 e. The minimum Gasteiger partial charge on any atom is -0.497 e. The lowest BCUT2D eigenvalue weighted by Gasteiger charge is -2.38. The molecule has 1 heterocycles. The van der Waals surface area contributed by atoms with Gasteiger partial charge in [-0.05, 0) is 54.7 Å². The Morgan fingerprint density at radius 2 is 2.00 bits per heavy atom. The Morgan fingerprint density at radius 1 is 1.28 bits per heavy atom. The number of likely N-dealkylation sites (tertiary alicyclic amines) is 1. The topological polar surface area (TPSA) is 36.9 Å². The van der Waals surface area contributed by atoms with Gasteiger partial charge in [-0.1, -0.05) is 25.5 Å². The van der Waals surface area contributed by atoms with Crippen LogP contribution in [0.4, 0.5) is 0 Å². The van der Waals surface area contributed by atoms with Gasteiger partial charge in [0.1, 0.15) is 5.75 Å². The summed E-state index contributed by atoms with van der Waals surface area (Å²) >= 11 is 0. The van der Waals surface area contributed by atoms with E-state index in [0.29, 0.717) is 11.3 Å². The third-order valence-electron chi connectivity index (χ3n) is 5.91. The summed E-state index contributed by atoms with van der Waals surface area (Å²) in [5, 5.41) is 3.57. The summed E-state index contributed by atoms with van der Waals surface area (Å²) < 4.78 is 5.23. The number of aliphatic imine (C=N–C) groups is 1. The molecule has 1 aromatic carbocycles. The number of hydrogen-bond acceptors (Lipinski definition) is 2. The Bertz CT molecular complexity index is 569. The van der Waals surface area contributed by atoms with E-state index in [-0.39, 0.29) is 24.0 Å². The molecule has 1 unspecified atom stereocenters. The Balaban J connectivity index is 0.00000225. The first-order valence-electron chi connectivity index (χ1n) is 9.25. The zero-order valence-corrected chi connectivity index (χ0v) is 18.1. The summed E-state index contributed by atoms with van der Waals surface area (Å²) in [7, 11) is 3.61. The fourth-order valence-electron chi connectivity index (χ4n) is 4.03. The number of ether oxygens (including phenoxy) is 1. The second kappa shape index (κ2) is 9.10. The first-order chi connectivity index (χ1) is 11.7. The fraction of sp³-hybridized carbons (Fsp3) is 0.650. The van der Waals surface area contributed by atoms with Crippen molar-refractivity contribution in [3.63, 3.8) is 0 Å².